The van der Waals surface area contributed by atoms with E-state index in [1.165, 1.54) is 6.07 Å². The Morgan fingerprint density at radius 2 is 1.71 bits per heavy atom. The fourth-order valence-electron chi connectivity index (χ4n) is 2.27. The molecule has 0 aliphatic carbocycles. The van der Waals surface area contributed by atoms with Gasteiger partial charge in [-0.25, -0.2) is 0 Å². The molecule has 0 amide bonds. The first kappa shape index (κ1) is 13.1. The van der Waals surface area contributed by atoms with Gasteiger partial charge in [0.1, 0.15) is 0 Å². The summed E-state index contributed by atoms with van der Waals surface area (Å²) in [6.45, 7) is 0. The highest BCUT2D eigenvalue weighted by Gasteiger charge is 2.12. The van der Waals surface area contributed by atoms with Crippen molar-refractivity contribution in [3.63, 3.8) is 0 Å². The number of aromatic nitrogens is 2. The van der Waals surface area contributed by atoms with Crippen LogP contribution in [0.3, 0.4) is 0 Å². The lowest BCUT2D eigenvalue weighted by molar-refractivity contribution is -0.384. The molecular weight excluding hydrogens is 266 g/mol. The normalized spacial score (nSPS) is 10.5. The smallest absolute Gasteiger partial charge is 0.267 e. The van der Waals surface area contributed by atoms with Crippen molar-refractivity contribution in [2.45, 2.75) is 0 Å². The van der Waals surface area contributed by atoms with E-state index in [2.05, 4.69) is 5.10 Å². The van der Waals surface area contributed by atoms with Gasteiger partial charge in [0.2, 0.25) is 0 Å². The molecular formula is C16H13N3O2. The number of non-ortho nitro benzene ring substituents is 1. The number of nitrogens with zero attached hydrogens (tertiary/aromatic N) is 3. The Balaban J connectivity index is 2.06. The van der Waals surface area contributed by atoms with Crippen LogP contribution in [-0.2, 0) is 7.05 Å². The van der Waals surface area contributed by atoms with Gasteiger partial charge < -0.3 is 0 Å². The molecule has 21 heavy (non-hydrogen) atoms. The molecule has 104 valence electrons. The number of aryl methyl sites for hydroxylation is 1. The molecule has 5 nitrogen and oxygen atoms in total. The van der Waals surface area contributed by atoms with Crippen molar-refractivity contribution in [1.82, 2.24) is 9.78 Å². The van der Waals surface area contributed by atoms with Crippen LogP contribution in [0.1, 0.15) is 0 Å². The van der Waals surface area contributed by atoms with Gasteiger partial charge in [0, 0.05) is 30.3 Å². The third-order valence-electron chi connectivity index (χ3n) is 3.30. The highest BCUT2D eigenvalue weighted by atomic mass is 16.6. The molecule has 0 saturated carbocycles. The van der Waals surface area contributed by atoms with Crippen LogP contribution < -0.4 is 0 Å². The topological polar surface area (TPSA) is 61.0 Å². The van der Waals surface area contributed by atoms with Gasteiger partial charge in [-0.05, 0) is 6.07 Å². The maximum absolute atomic E-state index is 10.9. The van der Waals surface area contributed by atoms with E-state index in [1.54, 1.807) is 16.8 Å². The quantitative estimate of drug-likeness (QED) is 0.543. The molecule has 0 bridgehead atoms. The van der Waals surface area contributed by atoms with Crippen molar-refractivity contribution in [2.75, 3.05) is 0 Å². The number of nitro groups is 1. The van der Waals surface area contributed by atoms with Crippen LogP contribution in [0.5, 0.6) is 0 Å². The van der Waals surface area contributed by atoms with Gasteiger partial charge in [-0.15, -0.1) is 0 Å². The predicted molar refractivity (Wildman–Crippen MR) is 80.7 cm³/mol. The van der Waals surface area contributed by atoms with Crippen LogP contribution in [-0.4, -0.2) is 14.7 Å². The summed E-state index contributed by atoms with van der Waals surface area (Å²) in [6.07, 6.45) is 0. The van der Waals surface area contributed by atoms with Crippen LogP contribution in [0.25, 0.3) is 22.5 Å². The Labute approximate surface area is 121 Å². The zero-order chi connectivity index (χ0) is 14.8. The van der Waals surface area contributed by atoms with E-state index in [1.807, 2.05) is 49.5 Å². The summed E-state index contributed by atoms with van der Waals surface area (Å²) in [7, 11) is 1.83. The molecule has 2 aromatic carbocycles. The first-order valence-corrected chi connectivity index (χ1v) is 6.49. The van der Waals surface area contributed by atoms with Gasteiger partial charge in [-0.2, -0.15) is 5.10 Å². The molecule has 3 aromatic rings. The summed E-state index contributed by atoms with van der Waals surface area (Å²) in [5.41, 5.74) is 3.57. The summed E-state index contributed by atoms with van der Waals surface area (Å²) in [6, 6.07) is 18.3. The lowest BCUT2D eigenvalue weighted by Gasteiger charge is -2.01. The molecule has 0 spiro atoms. The number of hydrogen-bond acceptors (Lipinski definition) is 3. The molecule has 0 N–H and O–H groups in total. The predicted octanol–water partition coefficient (Wildman–Crippen LogP) is 3.66. The molecule has 5 heteroatoms. The monoisotopic (exact) mass is 279 g/mol. The maximum atomic E-state index is 10.9. The van der Waals surface area contributed by atoms with Gasteiger partial charge in [-0.1, -0.05) is 42.5 Å². The van der Waals surface area contributed by atoms with Gasteiger partial charge in [0.15, 0.2) is 0 Å². The van der Waals surface area contributed by atoms with Crippen molar-refractivity contribution in [3.05, 3.63) is 70.8 Å². The third kappa shape index (κ3) is 2.53. The fraction of sp³-hybridized carbons (Fsp3) is 0.0625. The summed E-state index contributed by atoms with van der Waals surface area (Å²) in [5, 5.41) is 15.4. The summed E-state index contributed by atoms with van der Waals surface area (Å²) >= 11 is 0. The maximum Gasteiger partial charge on any atom is 0.270 e. The highest BCUT2D eigenvalue weighted by molar-refractivity contribution is 5.70. The molecule has 0 unspecified atom stereocenters. The molecule has 1 aromatic heterocycles. The van der Waals surface area contributed by atoms with Crippen molar-refractivity contribution in [3.8, 4) is 22.5 Å². The first-order valence-electron chi connectivity index (χ1n) is 6.49. The molecule has 0 fully saturated rings. The first-order chi connectivity index (χ1) is 10.1. The Morgan fingerprint density at radius 1 is 1.00 bits per heavy atom. The van der Waals surface area contributed by atoms with E-state index < -0.39 is 4.92 Å². The average molecular weight is 279 g/mol. The molecule has 0 radical (unpaired) electrons. The second-order valence-electron chi connectivity index (χ2n) is 4.71. The van der Waals surface area contributed by atoms with Crippen molar-refractivity contribution in [1.29, 1.82) is 0 Å². The van der Waals surface area contributed by atoms with Gasteiger partial charge in [0.05, 0.1) is 16.3 Å². The number of hydrogen-bond donors (Lipinski definition) is 0. The van der Waals surface area contributed by atoms with E-state index in [-0.39, 0.29) is 5.69 Å². The summed E-state index contributed by atoms with van der Waals surface area (Å²) in [5.74, 6) is 0. The zero-order valence-corrected chi connectivity index (χ0v) is 11.4. The Bertz CT molecular complexity index is 794. The number of benzene rings is 2. The molecule has 0 atom stereocenters. The summed E-state index contributed by atoms with van der Waals surface area (Å²) in [4.78, 5) is 10.5. The van der Waals surface area contributed by atoms with Crippen LogP contribution in [0.2, 0.25) is 0 Å². The van der Waals surface area contributed by atoms with E-state index >= 15 is 0 Å². The Kier molecular flexibility index (Phi) is 3.23. The Morgan fingerprint density at radius 3 is 2.43 bits per heavy atom. The largest absolute Gasteiger partial charge is 0.270 e. The van der Waals surface area contributed by atoms with Crippen LogP contribution in [0.15, 0.2) is 60.7 Å². The lowest BCUT2D eigenvalue weighted by Crippen LogP contribution is -1.94. The average Bonchev–Trinajstić information content (AvgIpc) is 2.90. The van der Waals surface area contributed by atoms with Crippen LogP contribution in [0, 0.1) is 10.1 Å². The standard InChI is InChI=1S/C16H13N3O2/c1-18-16(13-8-5-9-14(10-13)19(20)21)11-15(17-18)12-6-3-2-4-7-12/h2-11H,1H3. The zero-order valence-electron chi connectivity index (χ0n) is 11.4. The fourth-order valence-corrected chi connectivity index (χ4v) is 2.27. The second-order valence-corrected chi connectivity index (χ2v) is 4.71. The lowest BCUT2D eigenvalue weighted by atomic mass is 10.1. The minimum Gasteiger partial charge on any atom is -0.267 e. The van der Waals surface area contributed by atoms with E-state index in [4.69, 9.17) is 0 Å². The van der Waals surface area contributed by atoms with E-state index in [9.17, 15) is 10.1 Å². The molecule has 0 aliphatic heterocycles. The number of nitro benzene ring substituents is 1. The van der Waals surface area contributed by atoms with Gasteiger partial charge in [0.25, 0.3) is 5.69 Å². The molecule has 3 rings (SSSR count). The van der Waals surface area contributed by atoms with E-state index in [0.29, 0.717) is 0 Å². The second kappa shape index (κ2) is 5.20. The molecule has 0 saturated heterocycles. The van der Waals surface area contributed by atoms with Crippen molar-refractivity contribution < 1.29 is 4.92 Å². The molecule has 1 heterocycles. The minimum absolute atomic E-state index is 0.0787. The van der Waals surface area contributed by atoms with Crippen molar-refractivity contribution in [2.24, 2.45) is 7.05 Å². The SMILES string of the molecule is Cn1nc(-c2ccccc2)cc1-c1cccc([N+](=O)[O-])c1. The molecule has 0 aliphatic rings. The summed E-state index contributed by atoms with van der Waals surface area (Å²) < 4.78 is 1.74. The van der Waals surface area contributed by atoms with Crippen LogP contribution >= 0.6 is 0 Å². The van der Waals surface area contributed by atoms with Crippen LogP contribution in [0.4, 0.5) is 5.69 Å². The van der Waals surface area contributed by atoms with Crippen molar-refractivity contribution >= 4 is 5.69 Å². The number of rotatable bonds is 3. The minimum atomic E-state index is -0.391. The highest BCUT2D eigenvalue weighted by Crippen LogP contribution is 2.27. The Hall–Kier alpha value is -2.95. The third-order valence-corrected chi connectivity index (χ3v) is 3.30. The van der Waals surface area contributed by atoms with Gasteiger partial charge >= 0.3 is 0 Å². The van der Waals surface area contributed by atoms with Gasteiger partial charge in [-0.3, -0.25) is 14.8 Å². The van der Waals surface area contributed by atoms with E-state index in [0.717, 1.165) is 22.5 Å².